The van der Waals surface area contributed by atoms with Gasteiger partial charge in [0.2, 0.25) is 0 Å². The molecule has 11 heteroatoms. The van der Waals surface area contributed by atoms with Gasteiger partial charge in [-0.1, -0.05) is 57.0 Å². The normalized spacial score (nSPS) is 34.1. The van der Waals surface area contributed by atoms with Gasteiger partial charge in [0.1, 0.15) is 11.9 Å². The first-order chi connectivity index (χ1) is 22.0. The molecule has 3 fully saturated rings. The summed E-state index contributed by atoms with van der Waals surface area (Å²) in [5.41, 5.74) is -1.28. The molecule has 1 aromatic heterocycles. The van der Waals surface area contributed by atoms with Gasteiger partial charge in [0, 0.05) is 52.6 Å². The molecule has 8 nitrogen and oxygen atoms in total. The predicted molar refractivity (Wildman–Crippen MR) is 190 cm³/mol. The molecule has 8 atom stereocenters. The first-order valence-corrected chi connectivity index (χ1v) is 18.5. The van der Waals surface area contributed by atoms with E-state index in [1.807, 2.05) is 13.0 Å². The van der Waals surface area contributed by atoms with Crippen molar-refractivity contribution in [2.75, 3.05) is 18.8 Å². The van der Waals surface area contributed by atoms with Gasteiger partial charge in [0.15, 0.2) is 0 Å². The molecule has 0 amide bonds. The summed E-state index contributed by atoms with van der Waals surface area (Å²) in [6.07, 6.45) is 5.65. The number of thioether (sulfide) groups is 1. The molecule has 47 heavy (non-hydrogen) atoms. The SMILES string of the molecule is C=C[C@]1(C)C[C@@H](OC(=O)CSC(C)(C)CNCCn2cnc3c(Cl)cc(Cl)cc3c2=O)[C@]2(C)[C@H](C)CC[C@]3(CCC(=O)[C@H]32)[C@@H](C)[C@@H]1O. The number of carbonyl (C=O) groups excluding carboxylic acids is 2. The van der Waals surface area contributed by atoms with Crippen LogP contribution in [-0.2, 0) is 20.9 Å². The molecule has 0 aliphatic heterocycles. The first kappa shape index (κ1) is 36.4. The molecule has 3 saturated carbocycles. The van der Waals surface area contributed by atoms with E-state index in [4.69, 9.17) is 27.9 Å². The zero-order valence-corrected chi connectivity index (χ0v) is 30.7. The summed E-state index contributed by atoms with van der Waals surface area (Å²) in [5, 5.41) is 16.2. The Bertz CT molecular complexity index is 1610. The van der Waals surface area contributed by atoms with E-state index in [1.165, 1.54) is 22.7 Å². The van der Waals surface area contributed by atoms with Crippen LogP contribution in [0.3, 0.4) is 0 Å². The second-order valence-corrected chi connectivity index (χ2v) is 17.8. The number of hydrogen-bond donors (Lipinski definition) is 2. The number of aliphatic hydroxyl groups excluding tert-OH is 1. The molecular formula is C36H49Cl2N3O5S. The van der Waals surface area contributed by atoms with Crippen molar-refractivity contribution in [3.05, 3.63) is 51.5 Å². The molecule has 2 aromatic rings. The number of nitrogens with zero attached hydrogens (tertiary/aromatic N) is 2. The number of halogens is 2. The van der Waals surface area contributed by atoms with E-state index in [0.717, 1.165) is 19.3 Å². The number of hydrogen-bond acceptors (Lipinski definition) is 8. The van der Waals surface area contributed by atoms with Gasteiger partial charge < -0.3 is 15.2 Å². The maximum absolute atomic E-state index is 13.6. The number of rotatable bonds is 10. The maximum Gasteiger partial charge on any atom is 0.316 e. The van der Waals surface area contributed by atoms with Crippen LogP contribution in [0.1, 0.15) is 73.6 Å². The van der Waals surface area contributed by atoms with Gasteiger partial charge in [-0.3, -0.25) is 19.0 Å². The summed E-state index contributed by atoms with van der Waals surface area (Å²) in [5.74, 6) is -0.0465. The molecule has 0 saturated heterocycles. The summed E-state index contributed by atoms with van der Waals surface area (Å²) in [7, 11) is 0. The van der Waals surface area contributed by atoms with Crippen LogP contribution >= 0.6 is 35.0 Å². The number of Topliss-reactive ketones (excluding diaryl/α,β-unsaturated/α-hetero) is 1. The van der Waals surface area contributed by atoms with Crippen LogP contribution in [-0.4, -0.2) is 62.2 Å². The molecule has 3 aliphatic carbocycles. The Kier molecular flexibility index (Phi) is 10.4. The van der Waals surface area contributed by atoms with Gasteiger partial charge in [-0.2, -0.15) is 0 Å². The van der Waals surface area contributed by atoms with Crippen molar-refractivity contribution in [2.45, 2.75) is 97.1 Å². The summed E-state index contributed by atoms with van der Waals surface area (Å²) < 4.78 is 7.62. The Morgan fingerprint density at radius 2 is 1.98 bits per heavy atom. The van der Waals surface area contributed by atoms with Crippen LogP contribution < -0.4 is 10.9 Å². The van der Waals surface area contributed by atoms with E-state index in [1.54, 1.807) is 12.1 Å². The first-order valence-electron chi connectivity index (χ1n) is 16.7. The summed E-state index contributed by atoms with van der Waals surface area (Å²) >= 11 is 13.8. The molecule has 5 rings (SSSR count). The largest absolute Gasteiger partial charge is 0.461 e. The van der Waals surface area contributed by atoms with Gasteiger partial charge in [0.25, 0.3) is 5.56 Å². The summed E-state index contributed by atoms with van der Waals surface area (Å²) in [6.45, 7) is 18.2. The fraction of sp³-hybridized carbons (Fsp3) is 0.667. The highest BCUT2D eigenvalue weighted by atomic mass is 35.5. The number of aromatic nitrogens is 2. The Balaban J connectivity index is 1.23. The molecule has 2 N–H and O–H groups in total. The van der Waals surface area contributed by atoms with Crippen molar-refractivity contribution in [1.82, 2.24) is 14.9 Å². The second kappa shape index (κ2) is 13.4. The van der Waals surface area contributed by atoms with Crippen LogP contribution in [0.25, 0.3) is 10.9 Å². The predicted octanol–water partition coefficient (Wildman–Crippen LogP) is 6.71. The molecule has 0 spiro atoms. The van der Waals surface area contributed by atoms with Crippen molar-refractivity contribution >= 4 is 57.6 Å². The number of aliphatic hydroxyl groups is 1. The maximum atomic E-state index is 13.6. The van der Waals surface area contributed by atoms with Crippen LogP contribution in [0.15, 0.2) is 35.9 Å². The van der Waals surface area contributed by atoms with Crippen molar-refractivity contribution in [3.63, 3.8) is 0 Å². The molecule has 3 aliphatic rings. The van der Waals surface area contributed by atoms with E-state index >= 15 is 0 Å². The molecule has 258 valence electrons. The zero-order valence-electron chi connectivity index (χ0n) is 28.4. The number of carbonyl (C=O) groups is 2. The van der Waals surface area contributed by atoms with Crippen LogP contribution in [0.2, 0.25) is 10.0 Å². The molecular weight excluding hydrogens is 657 g/mol. The Morgan fingerprint density at radius 1 is 1.26 bits per heavy atom. The van der Waals surface area contributed by atoms with Crippen LogP contribution in [0.5, 0.6) is 0 Å². The number of nitrogens with one attached hydrogen (secondary N) is 1. The van der Waals surface area contributed by atoms with E-state index < -0.39 is 23.0 Å². The Morgan fingerprint density at radius 3 is 2.68 bits per heavy atom. The molecule has 2 bridgehead atoms. The highest BCUT2D eigenvalue weighted by molar-refractivity contribution is 8.01. The summed E-state index contributed by atoms with van der Waals surface area (Å²) in [4.78, 5) is 44.5. The van der Waals surface area contributed by atoms with E-state index in [-0.39, 0.29) is 51.0 Å². The highest BCUT2D eigenvalue weighted by Gasteiger charge is 2.68. The quantitative estimate of drug-likeness (QED) is 0.160. The average molecular weight is 707 g/mol. The molecule has 1 aromatic carbocycles. The number of esters is 1. The van der Waals surface area contributed by atoms with Gasteiger partial charge in [-0.25, -0.2) is 4.98 Å². The van der Waals surface area contributed by atoms with Crippen LogP contribution in [0.4, 0.5) is 0 Å². The fourth-order valence-electron chi connectivity index (χ4n) is 8.94. The van der Waals surface area contributed by atoms with Crippen molar-refractivity contribution in [3.8, 4) is 0 Å². The third kappa shape index (κ3) is 6.56. The van der Waals surface area contributed by atoms with Gasteiger partial charge in [0.05, 0.1) is 34.1 Å². The fourth-order valence-corrected chi connectivity index (χ4v) is 10.3. The van der Waals surface area contributed by atoms with Crippen LogP contribution in [0, 0.1) is 34.0 Å². The minimum Gasteiger partial charge on any atom is -0.461 e. The highest BCUT2D eigenvalue weighted by Crippen LogP contribution is 2.68. The summed E-state index contributed by atoms with van der Waals surface area (Å²) in [6, 6.07) is 3.15. The third-order valence-corrected chi connectivity index (χ3v) is 13.9. The molecule has 0 unspecified atom stereocenters. The molecule has 1 heterocycles. The minimum absolute atomic E-state index is 0.0672. The Hall–Kier alpha value is -1.91. The number of benzene rings is 1. The van der Waals surface area contributed by atoms with Crippen molar-refractivity contribution < 1.29 is 19.4 Å². The lowest BCUT2D eigenvalue weighted by Crippen LogP contribution is -2.63. The average Bonchev–Trinajstić information content (AvgIpc) is 3.37. The second-order valence-electron chi connectivity index (χ2n) is 15.3. The third-order valence-electron chi connectivity index (χ3n) is 12.1. The van der Waals surface area contributed by atoms with E-state index in [2.05, 4.69) is 51.5 Å². The van der Waals surface area contributed by atoms with E-state index in [0.29, 0.717) is 53.4 Å². The van der Waals surface area contributed by atoms with Crippen molar-refractivity contribution in [2.24, 2.45) is 34.0 Å². The minimum atomic E-state index is -0.691. The zero-order chi connectivity index (χ0) is 34.5. The molecule has 0 radical (unpaired) electrons. The number of ketones is 1. The van der Waals surface area contributed by atoms with Crippen molar-refractivity contribution in [1.29, 1.82) is 0 Å². The lowest BCUT2D eigenvalue weighted by atomic mass is 9.44. The van der Waals surface area contributed by atoms with E-state index in [9.17, 15) is 19.5 Å². The number of fused-ring (bicyclic) bond motifs is 1. The van der Waals surface area contributed by atoms with Gasteiger partial charge >= 0.3 is 5.97 Å². The standard InChI is InChI=1S/C36H49Cl2N3O5S/c1-8-34(6)17-27(35(7)21(2)9-11-36(22(3)31(34)44)12-10-26(42)30(35)36)46-28(43)18-47-33(4,5)19-39-13-14-41-20-40-29-24(32(41)45)15-23(37)16-25(29)38/h8,15-16,20-22,27,30-31,39,44H,1,9-14,17-19H2,2-7H3/t21-,22+,27-,30+,31+,34-,35+,36+/m1/s1. The lowest BCUT2D eigenvalue weighted by molar-refractivity contribution is -0.205. The Labute approximate surface area is 292 Å². The smallest absolute Gasteiger partial charge is 0.316 e. The monoisotopic (exact) mass is 705 g/mol. The topological polar surface area (TPSA) is 111 Å². The van der Waals surface area contributed by atoms with Gasteiger partial charge in [-0.05, 0) is 68.9 Å². The lowest BCUT2D eigenvalue weighted by Gasteiger charge is -2.61. The number of ether oxygens (including phenoxy) is 1. The van der Waals surface area contributed by atoms with Gasteiger partial charge in [-0.15, -0.1) is 18.3 Å².